The molecule has 4 rings (SSSR count). The van der Waals surface area contributed by atoms with Crippen LogP contribution in [0.15, 0.2) is 24.3 Å². The zero-order valence-corrected chi connectivity index (χ0v) is 29.9. The quantitative estimate of drug-likeness (QED) is 0.0659. The van der Waals surface area contributed by atoms with Crippen molar-refractivity contribution in [3.8, 4) is 0 Å². The van der Waals surface area contributed by atoms with Crippen molar-refractivity contribution < 1.29 is 19.1 Å². The molecule has 0 N–H and O–H groups in total. The van der Waals surface area contributed by atoms with E-state index < -0.39 is 0 Å². The van der Waals surface area contributed by atoms with Crippen LogP contribution in [0.2, 0.25) is 0 Å². The molecule has 4 aliphatic rings. The van der Waals surface area contributed by atoms with Crippen LogP contribution >= 0.6 is 0 Å². The maximum atomic E-state index is 12.7. The van der Waals surface area contributed by atoms with Gasteiger partial charge in [0, 0.05) is 18.9 Å². The van der Waals surface area contributed by atoms with Crippen LogP contribution in [0.25, 0.3) is 0 Å². The zero-order valence-electron chi connectivity index (χ0n) is 29.9. The van der Waals surface area contributed by atoms with Gasteiger partial charge in [-0.1, -0.05) is 111 Å². The summed E-state index contributed by atoms with van der Waals surface area (Å²) < 4.78 is 11.1. The lowest BCUT2D eigenvalue weighted by Crippen LogP contribution is -2.51. The predicted octanol–water partition coefficient (Wildman–Crippen LogP) is 11.2. The molecule has 0 aromatic heterocycles. The number of carbonyl (C=O) groups is 2. The molecule has 0 bridgehead atoms. The molecule has 0 spiro atoms. The number of carbonyl (C=O) groups excluding carboxylic acids is 2. The van der Waals surface area contributed by atoms with E-state index in [4.69, 9.17) is 9.47 Å². The highest BCUT2D eigenvalue weighted by Crippen LogP contribution is 2.67. The lowest BCUT2D eigenvalue weighted by molar-refractivity contribution is -0.151. The van der Waals surface area contributed by atoms with Gasteiger partial charge in [0.1, 0.15) is 6.10 Å². The number of ether oxygens (including phenoxy) is 2. The van der Waals surface area contributed by atoms with Gasteiger partial charge in [-0.3, -0.25) is 4.79 Å². The minimum atomic E-state index is -0.332. The van der Waals surface area contributed by atoms with E-state index in [0.29, 0.717) is 23.9 Å². The fraction of sp³-hybridized carbons (Fsp3) is 0.854. The summed E-state index contributed by atoms with van der Waals surface area (Å²) in [6.45, 7) is 16.5. The van der Waals surface area contributed by atoms with E-state index in [1.54, 1.807) is 5.57 Å². The summed E-state index contributed by atoms with van der Waals surface area (Å²) in [5.41, 5.74) is 2.47. The van der Waals surface area contributed by atoms with Gasteiger partial charge in [-0.25, -0.2) is 4.79 Å². The zero-order chi connectivity index (χ0) is 32.5. The average Bonchev–Trinajstić information content (AvgIpc) is 3.37. The highest BCUT2D eigenvalue weighted by Gasteiger charge is 2.59. The summed E-state index contributed by atoms with van der Waals surface area (Å²) >= 11 is 0. The summed E-state index contributed by atoms with van der Waals surface area (Å²) in [4.78, 5) is 23.8. The number of fused-ring (bicyclic) bond motifs is 5. The molecule has 4 nitrogen and oxygen atoms in total. The van der Waals surface area contributed by atoms with Crippen molar-refractivity contribution in [1.29, 1.82) is 0 Å². The molecule has 0 heterocycles. The van der Waals surface area contributed by atoms with Crippen LogP contribution in [0, 0.1) is 46.3 Å². The Morgan fingerprint density at radius 1 is 0.889 bits per heavy atom. The lowest BCUT2D eigenvalue weighted by atomic mass is 9.47. The number of hydrogen-bond acceptors (Lipinski definition) is 4. The molecule has 4 heteroatoms. The maximum Gasteiger partial charge on any atom is 0.330 e. The van der Waals surface area contributed by atoms with E-state index >= 15 is 0 Å². The van der Waals surface area contributed by atoms with Crippen molar-refractivity contribution in [3.05, 3.63) is 24.3 Å². The van der Waals surface area contributed by atoms with Gasteiger partial charge in [-0.15, -0.1) is 0 Å². The third-order valence-electron chi connectivity index (χ3n) is 13.2. The van der Waals surface area contributed by atoms with Crippen LogP contribution in [0.3, 0.4) is 0 Å². The van der Waals surface area contributed by atoms with Crippen LogP contribution in [0.5, 0.6) is 0 Å². The van der Waals surface area contributed by atoms with E-state index in [0.717, 1.165) is 74.0 Å². The van der Waals surface area contributed by atoms with E-state index in [9.17, 15) is 9.59 Å². The van der Waals surface area contributed by atoms with Crippen LogP contribution in [0.1, 0.15) is 163 Å². The van der Waals surface area contributed by atoms with Gasteiger partial charge in [-0.2, -0.15) is 0 Å². The Hall–Kier alpha value is -1.58. The normalized spacial score (nSPS) is 33.0. The number of rotatable bonds is 18. The molecule has 3 saturated carbocycles. The molecule has 0 aromatic rings. The van der Waals surface area contributed by atoms with E-state index in [-0.39, 0.29) is 18.0 Å². The van der Waals surface area contributed by atoms with Gasteiger partial charge in [0.15, 0.2) is 0 Å². The van der Waals surface area contributed by atoms with Gasteiger partial charge < -0.3 is 9.47 Å². The smallest absolute Gasteiger partial charge is 0.330 e. The molecule has 0 unspecified atom stereocenters. The number of hydrogen-bond donors (Lipinski definition) is 0. The highest BCUT2D eigenvalue weighted by atomic mass is 16.5. The molecule has 3 fully saturated rings. The molecule has 0 amide bonds. The molecule has 0 saturated heterocycles. The second-order valence-electron chi connectivity index (χ2n) is 16.6. The van der Waals surface area contributed by atoms with E-state index in [1.165, 1.54) is 89.5 Å². The van der Waals surface area contributed by atoms with Crippen molar-refractivity contribution in [1.82, 2.24) is 0 Å². The Bertz CT molecular complexity index is 997. The molecular weight excluding hydrogens is 556 g/mol. The van der Waals surface area contributed by atoms with Gasteiger partial charge in [0.05, 0.1) is 6.61 Å². The Kier molecular flexibility index (Phi) is 13.7. The third kappa shape index (κ3) is 9.28. The third-order valence-corrected chi connectivity index (χ3v) is 13.2. The minimum absolute atomic E-state index is 0.0138. The molecular formula is C41H68O4. The number of unbranched alkanes of at least 4 members (excludes halogenated alkanes) is 7. The molecule has 0 aromatic carbocycles. The molecule has 4 aliphatic carbocycles. The first kappa shape index (κ1) is 36.3. The summed E-state index contributed by atoms with van der Waals surface area (Å²) in [5.74, 6) is 4.85. The first-order chi connectivity index (χ1) is 21.6. The Morgan fingerprint density at radius 3 is 2.31 bits per heavy atom. The molecule has 0 aliphatic heterocycles. The lowest BCUT2D eigenvalue weighted by Gasteiger charge is -2.58. The van der Waals surface area contributed by atoms with Gasteiger partial charge >= 0.3 is 11.9 Å². The largest absolute Gasteiger partial charge is 0.463 e. The summed E-state index contributed by atoms with van der Waals surface area (Å²) in [6, 6.07) is 0. The molecule has 0 radical (unpaired) electrons. The maximum absolute atomic E-state index is 12.7. The molecule has 256 valence electrons. The van der Waals surface area contributed by atoms with Crippen molar-refractivity contribution in [2.75, 3.05) is 6.61 Å². The number of allylic oxidation sites excluding steroid dienone is 1. The summed E-state index contributed by atoms with van der Waals surface area (Å²) in [5, 5.41) is 0. The van der Waals surface area contributed by atoms with Crippen LogP contribution in [-0.2, 0) is 19.1 Å². The fourth-order valence-corrected chi connectivity index (χ4v) is 10.7. The van der Waals surface area contributed by atoms with Gasteiger partial charge in [0.2, 0.25) is 0 Å². The van der Waals surface area contributed by atoms with Crippen LogP contribution in [-0.4, -0.2) is 24.6 Å². The first-order valence-corrected chi connectivity index (χ1v) is 19.3. The van der Waals surface area contributed by atoms with Crippen molar-refractivity contribution >= 4 is 11.9 Å². The fourth-order valence-electron chi connectivity index (χ4n) is 10.7. The van der Waals surface area contributed by atoms with Gasteiger partial charge in [-0.05, 0) is 104 Å². The topological polar surface area (TPSA) is 52.6 Å². The Morgan fingerprint density at radius 2 is 1.60 bits per heavy atom. The minimum Gasteiger partial charge on any atom is -0.463 e. The highest BCUT2D eigenvalue weighted by molar-refractivity contribution is 5.81. The number of esters is 2. The molecule has 45 heavy (non-hydrogen) atoms. The summed E-state index contributed by atoms with van der Waals surface area (Å²) in [7, 11) is 0. The predicted molar refractivity (Wildman–Crippen MR) is 186 cm³/mol. The monoisotopic (exact) mass is 625 g/mol. The Labute approximate surface area is 276 Å². The van der Waals surface area contributed by atoms with Crippen molar-refractivity contribution in [3.63, 3.8) is 0 Å². The van der Waals surface area contributed by atoms with E-state index in [2.05, 4.69) is 47.3 Å². The molecule has 8 atom stereocenters. The second-order valence-corrected chi connectivity index (χ2v) is 16.6. The van der Waals surface area contributed by atoms with E-state index in [1.807, 2.05) is 0 Å². The SMILES string of the molecule is C=CC(=O)OCCCCCCCCCCC(=O)O[C@H]1CC[C@@]2(C)C(=CC[C@H]3[C@@H]4CC[C@H]([C@H](C)CCCC(C)C)[C@@]4(C)CC[C@@H]32)C1. The first-order valence-electron chi connectivity index (χ1n) is 19.3. The second kappa shape index (κ2) is 17.0. The standard InChI is InChI=1S/C41H68O4/c1-7-38(42)44-28-15-13-11-9-8-10-12-14-19-39(43)45-33-24-26-40(5)32(29-33)20-21-34-36-23-22-35(31(4)18-16-17-30(2)3)41(36,6)27-25-37(34)40/h7,20,30-31,33-37H,1,8-19,21-29H2,2-6H3/t31-,33+,34+,35-,36+,37+,40+,41-/m1/s1. The average molecular weight is 625 g/mol. The van der Waals surface area contributed by atoms with Crippen molar-refractivity contribution in [2.45, 2.75) is 169 Å². The summed E-state index contributed by atoms with van der Waals surface area (Å²) in [6.07, 6.45) is 27.6. The van der Waals surface area contributed by atoms with Crippen LogP contribution in [0.4, 0.5) is 0 Å². The van der Waals surface area contributed by atoms with Crippen molar-refractivity contribution in [2.24, 2.45) is 46.3 Å². The van der Waals surface area contributed by atoms with Gasteiger partial charge in [0.25, 0.3) is 0 Å². The van der Waals surface area contributed by atoms with Crippen LogP contribution < -0.4 is 0 Å². The Balaban J connectivity index is 1.15.